The molecule has 4 heteroatoms. The molecule has 2 rings (SSSR count). The van der Waals surface area contributed by atoms with Gasteiger partial charge in [-0.3, -0.25) is 4.90 Å². The van der Waals surface area contributed by atoms with Crippen LogP contribution in [0.25, 0.3) is 0 Å². The highest BCUT2D eigenvalue weighted by Gasteiger charge is 2.19. The second-order valence-corrected chi connectivity index (χ2v) is 5.51. The van der Waals surface area contributed by atoms with Gasteiger partial charge in [-0.1, -0.05) is 15.9 Å². The first-order valence-electron chi connectivity index (χ1n) is 5.91. The minimum absolute atomic E-state index is 0.656. The van der Waals surface area contributed by atoms with E-state index in [1.165, 1.54) is 13.0 Å². The molecular weight excluding hydrogens is 282 g/mol. The van der Waals surface area contributed by atoms with Crippen molar-refractivity contribution in [2.45, 2.75) is 11.2 Å². The molecule has 0 spiro atoms. The Morgan fingerprint density at radius 1 is 1.29 bits per heavy atom. The Labute approximate surface area is 111 Å². The maximum Gasteiger partial charge on any atom is 0.119 e. The SMILES string of the molecule is COc1ccc(OCCN2CCC(Br)C2)cc1. The smallest absolute Gasteiger partial charge is 0.119 e. The van der Waals surface area contributed by atoms with E-state index in [1.54, 1.807) is 7.11 Å². The van der Waals surface area contributed by atoms with Crippen molar-refractivity contribution in [2.75, 3.05) is 33.4 Å². The summed E-state index contributed by atoms with van der Waals surface area (Å²) in [5, 5.41) is 0. The fraction of sp³-hybridized carbons (Fsp3) is 0.538. The highest BCUT2D eigenvalue weighted by atomic mass is 79.9. The van der Waals surface area contributed by atoms with Gasteiger partial charge in [0.1, 0.15) is 18.1 Å². The lowest BCUT2D eigenvalue weighted by molar-refractivity contribution is 0.238. The Morgan fingerprint density at radius 2 is 2.00 bits per heavy atom. The molecule has 1 fully saturated rings. The predicted molar refractivity (Wildman–Crippen MR) is 72.3 cm³/mol. The standard InChI is InChI=1S/C13H18BrNO2/c1-16-12-2-4-13(5-3-12)17-9-8-15-7-6-11(14)10-15/h2-5,11H,6-10H2,1H3. The van der Waals surface area contributed by atoms with Crippen LogP contribution in [0.4, 0.5) is 0 Å². The van der Waals surface area contributed by atoms with Crippen molar-refractivity contribution >= 4 is 15.9 Å². The number of rotatable bonds is 5. The average Bonchev–Trinajstić information content (AvgIpc) is 2.76. The zero-order valence-corrected chi connectivity index (χ0v) is 11.6. The van der Waals surface area contributed by atoms with Gasteiger partial charge in [0.15, 0.2) is 0 Å². The minimum Gasteiger partial charge on any atom is -0.497 e. The van der Waals surface area contributed by atoms with Gasteiger partial charge in [-0.2, -0.15) is 0 Å². The van der Waals surface area contributed by atoms with Gasteiger partial charge in [0.25, 0.3) is 0 Å². The molecule has 1 aliphatic heterocycles. The molecule has 1 aliphatic rings. The van der Waals surface area contributed by atoms with Crippen molar-refractivity contribution < 1.29 is 9.47 Å². The van der Waals surface area contributed by atoms with Gasteiger partial charge in [-0.25, -0.2) is 0 Å². The second kappa shape index (κ2) is 6.26. The van der Waals surface area contributed by atoms with Crippen LogP contribution in [0, 0.1) is 0 Å². The van der Waals surface area contributed by atoms with Gasteiger partial charge in [-0.05, 0) is 37.2 Å². The van der Waals surface area contributed by atoms with Gasteiger partial charge in [0, 0.05) is 17.9 Å². The number of ether oxygens (including phenoxy) is 2. The van der Waals surface area contributed by atoms with E-state index < -0.39 is 0 Å². The molecule has 0 saturated carbocycles. The molecule has 0 aromatic heterocycles. The Morgan fingerprint density at radius 3 is 2.59 bits per heavy atom. The molecule has 0 N–H and O–H groups in total. The summed E-state index contributed by atoms with van der Waals surface area (Å²) in [6.07, 6.45) is 1.24. The number of halogens is 1. The van der Waals surface area contributed by atoms with Crippen LogP contribution >= 0.6 is 15.9 Å². The number of likely N-dealkylation sites (tertiary alicyclic amines) is 1. The molecule has 1 aromatic carbocycles. The first kappa shape index (κ1) is 12.7. The monoisotopic (exact) mass is 299 g/mol. The minimum atomic E-state index is 0.656. The van der Waals surface area contributed by atoms with Gasteiger partial charge in [0.2, 0.25) is 0 Å². The summed E-state index contributed by atoms with van der Waals surface area (Å²) in [5.41, 5.74) is 0. The zero-order valence-electron chi connectivity index (χ0n) is 10.1. The summed E-state index contributed by atoms with van der Waals surface area (Å²) < 4.78 is 10.8. The van der Waals surface area contributed by atoms with E-state index in [2.05, 4.69) is 20.8 Å². The van der Waals surface area contributed by atoms with E-state index in [-0.39, 0.29) is 0 Å². The molecule has 1 atom stereocenters. The third-order valence-corrected chi connectivity index (χ3v) is 3.70. The van der Waals surface area contributed by atoms with Crippen LogP contribution < -0.4 is 9.47 Å². The highest BCUT2D eigenvalue weighted by Crippen LogP contribution is 2.18. The highest BCUT2D eigenvalue weighted by molar-refractivity contribution is 9.09. The number of nitrogens with zero attached hydrogens (tertiary/aromatic N) is 1. The first-order chi connectivity index (χ1) is 8.28. The largest absolute Gasteiger partial charge is 0.497 e. The number of hydrogen-bond donors (Lipinski definition) is 0. The fourth-order valence-corrected chi connectivity index (χ4v) is 2.57. The Kier molecular flexibility index (Phi) is 4.68. The predicted octanol–water partition coefficient (Wildman–Crippen LogP) is 2.54. The molecular formula is C13H18BrNO2. The molecule has 0 aliphatic carbocycles. The van der Waals surface area contributed by atoms with E-state index in [0.29, 0.717) is 4.83 Å². The van der Waals surface area contributed by atoms with Crippen molar-refractivity contribution in [3.63, 3.8) is 0 Å². The lowest BCUT2D eigenvalue weighted by Crippen LogP contribution is -2.26. The summed E-state index contributed by atoms with van der Waals surface area (Å²) in [7, 11) is 1.67. The van der Waals surface area contributed by atoms with Crippen LogP contribution in [0.1, 0.15) is 6.42 Å². The molecule has 1 heterocycles. The summed E-state index contributed by atoms with van der Waals surface area (Å²) >= 11 is 3.63. The lowest BCUT2D eigenvalue weighted by atomic mass is 10.3. The molecule has 1 saturated heterocycles. The third kappa shape index (κ3) is 3.89. The molecule has 1 unspecified atom stereocenters. The molecule has 0 bridgehead atoms. The van der Waals surface area contributed by atoms with Crippen LogP contribution in [-0.4, -0.2) is 43.1 Å². The molecule has 17 heavy (non-hydrogen) atoms. The molecule has 1 aromatic rings. The van der Waals surface area contributed by atoms with Crippen molar-refractivity contribution in [2.24, 2.45) is 0 Å². The van der Waals surface area contributed by atoms with E-state index in [9.17, 15) is 0 Å². The molecule has 3 nitrogen and oxygen atoms in total. The second-order valence-electron chi connectivity index (χ2n) is 4.21. The summed E-state index contributed by atoms with van der Waals surface area (Å²) in [5.74, 6) is 1.76. The molecule has 94 valence electrons. The van der Waals surface area contributed by atoms with Crippen molar-refractivity contribution in [1.82, 2.24) is 4.90 Å². The van der Waals surface area contributed by atoms with Crippen molar-refractivity contribution in [1.29, 1.82) is 0 Å². The first-order valence-corrected chi connectivity index (χ1v) is 6.83. The van der Waals surface area contributed by atoms with E-state index >= 15 is 0 Å². The summed E-state index contributed by atoms with van der Waals surface area (Å²) in [6, 6.07) is 7.71. The van der Waals surface area contributed by atoms with E-state index in [1.807, 2.05) is 24.3 Å². The van der Waals surface area contributed by atoms with Crippen LogP contribution in [0.2, 0.25) is 0 Å². The lowest BCUT2D eigenvalue weighted by Gasteiger charge is -2.15. The zero-order chi connectivity index (χ0) is 12.1. The normalized spacial score (nSPS) is 20.5. The number of methoxy groups -OCH3 is 1. The molecule has 0 radical (unpaired) electrons. The van der Waals surface area contributed by atoms with Gasteiger partial charge >= 0.3 is 0 Å². The Hall–Kier alpha value is -0.740. The molecule has 0 amide bonds. The number of benzene rings is 1. The van der Waals surface area contributed by atoms with Crippen LogP contribution in [-0.2, 0) is 0 Å². The topological polar surface area (TPSA) is 21.7 Å². The van der Waals surface area contributed by atoms with E-state index in [4.69, 9.17) is 9.47 Å². The van der Waals surface area contributed by atoms with E-state index in [0.717, 1.165) is 31.2 Å². The number of alkyl halides is 1. The quantitative estimate of drug-likeness (QED) is 0.780. The summed E-state index contributed by atoms with van der Waals surface area (Å²) in [6.45, 7) is 4.04. The van der Waals surface area contributed by atoms with Crippen LogP contribution in [0.5, 0.6) is 11.5 Å². The Balaban J connectivity index is 1.70. The average molecular weight is 300 g/mol. The van der Waals surface area contributed by atoms with Crippen LogP contribution in [0.3, 0.4) is 0 Å². The van der Waals surface area contributed by atoms with Crippen LogP contribution in [0.15, 0.2) is 24.3 Å². The third-order valence-electron chi connectivity index (χ3n) is 2.95. The van der Waals surface area contributed by atoms with Crippen molar-refractivity contribution in [3.8, 4) is 11.5 Å². The maximum atomic E-state index is 5.69. The van der Waals surface area contributed by atoms with Gasteiger partial charge < -0.3 is 9.47 Å². The van der Waals surface area contributed by atoms with Crippen molar-refractivity contribution in [3.05, 3.63) is 24.3 Å². The number of hydrogen-bond acceptors (Lipinski definition) is 3. The fourth-order valence-electron chi connectivity index (χ4n) is 1.95. The Bertz CT molecular complexity index is 342. The van der Waals surface area contributed by atoms with Gasteiger partial charge in [-0.15, -0.1) is 0 Å². The summed E-state index contributed by atoms with van der Waals surface area (Å²) in [4.78, 5) is 3.08. The van der Waals surface area contributed by atoms with Gasteiger partial charge in [0.05, 0.1) is 7.11 Å². The maximum absolute atomic E-state index is 5.69.